The van der Waals surface area contributed by atoms with Crippen LogP contribution >= 0.6 is 0 Å². The van der Waals surface area contributed by atoms with Crippen molar-refractivity contribution in [2.75, 3.05) is 19.8 Å². The molecule has 0 amide bonds. The third kappa shape index (κ3) is 5.81. The number of aromatic carboxylic acids is 1. The first-order valence-electron chi connectivity index (χ1n) is 9.52. The van der Waals surface area contributed by atoms with Crippen molar-refractivity contribution >= 4 is 23.9 Å². The largest absolute Gasteiger partial charge is 0.478 e. The summed E-state index contributed by atoms with van der Waals surface area (Å²) in [6, 6.07) is 7.90. The molecule has 0 aliphatic carbocycles. The topological polar surface area (TPSA) is 125 Å². The van der Waals surface area contributed by atoms with Crippen LogP contribution < -0.4 is 4.74 Å². The number of benzene rings is 2. The first-order valence-corrected chi connectivity index (χ1v) is 9.52. The quantitative estimate of drug-likeness (QED) is 0.468. The van der Waals surface area contributed by atoms with Gasteiger partial charge >= 0.3 is 23.9 Å². The molecule has 0 bridgehead atoms. The van der Waals surface area contributed by atoms with Crippen molar-refractivity contribution in [3.8, 4) is 11.5 Å². The normalized spacial score (nSPS) is 10.2. The monoisotopic (exact) mass is 430 g/mol. The zero-order valence-corrected chi connectivity index (χ0v) is 17.3. The van der Waals surface area contributed by atoms with Crippen molar-refractivity contribution in [3.05, 3.63) is 58.7 Å². The van der Waals surface area contributed by atoms with Crippen LogP contribution in [0, 0.1) is 0 Å². The Bertz CT molecular complexity index is 994. The van der Waals surface area contributed by atoms with Gasteiger partial charge in [-0.25, -0.2) is 19.2 Å². The molecule has 2 aromatic rings. The molecule has 0 heterocycles. The van der Waals surface area contributed by atoms with E-state index in [-0.39, 0.29) is 53.6 Å². The average molecular weight is 430 g/mol. The van der Waals surface area contributed by atoms with Gasteiger partial charge in [0.1, 0.15) is 11.5 Å². The lowest BCUT2D eigenvalue weighted by Gasteiger charge is -2.12. The average Bonchev–Trinajstić information content (AvgIpc) is 2.74. The van der Waals surface area contributed by atoms with Crippen LogP contribution in [0.2, 0.25) is 0 Å². The second kappa shape index (κ2) is 10.8. The number of hydrogen-bond donors (Lipinski definition) is 1. The summed E-state index contributed by atoms with van der Waals surface area (Å²) >= 11 is 0. The molecule has 9 heteroatoms. The lowest BCUT2D eigenvalue weighted by atomic mass is 10.1. The van der Waals surface area contributed by atoms with Gasteiger partial charge in [0.15, 0.2) is 0 Å². The lowest BCUT2D eigenvalue weighted by molar-refractivity contribution is 0.0478. The fourth-order valence-corrected chi connectivity index (χ4v) is 2.64. The molecule has 164 valence electrons. The predicted molar refractivity (Wildman–Crippen MR) is 108 cm³/mol. The summed E-state index contributed by atoms with van der Waals surface area (Å²) < 4.78 is 20.5. The molecular formula is C22H22O9. The minimum absolute atomic E-state index is 0.0107. The number of carbonyl (C=O) groups excluding carboxylic acids is 3. The molecular weight excluding hydrogens is 408 g/mol. The Kier molecular flexibility index (Phi) is 8.13. The second-order valence-electron chi connectivity index (χ2n) is 5.98. The maximum absolute atomic E-state index is 12.3. The van der Waals surface area contributed by atoms with Crippen LogP contribution in [0.15, 0.2) is 36.4 Å². The second-order valence-corrected chi connectivity index (χ2v) is 5.98. The first-order chi connectivity index (χ1) is 14.8. The molecule has 0 atom stereocenters. The third-order valence-corrected chi connectivity index (χ3v) is 3.93. The highest BCUT2D eigenvalue weighted by molar-refractivity contribution is 6.04. The SMILES string of the molecule is CCOC(=O)c1ccc(Oc2ccc(C(=O)OCC)c(C(=O)OCC)c2)cc1C(=O)O. The van der Waals surface area contributed by atoms with Gasteiger partial charge in [-0.05, 0) is 57.2 Å². The highest BCUT2D eigenvalue weighted by atomic mass is 16.5. The first kappa shape index (κ1) is 23.4. The van der Waals surface area contributed by atoms with Crippen molar-refractivity contribution in [1.82, 2.24) is 0 Å². The van der Waals surface area contributed by atoms with Gasteiger partial charge in [-0.15, -0.1) is 0 Å². The summed E-state index contributed by atoms with van der Waals surface area (Å²) in [4.78, 5) is 47.9. The molecule has 0 saturated carbocycles. The summed E-state index contributed by atoms with van der Waals surface area (Å²) in [6.45, 7) is 5.20. The Labute approximate surface area is 178 Å². The molecule has 31 heavy (non-hydrogen) atoms. The summed E-state index contributed by atoms with van der Waals surface area (Å²) in [5.74, 6) is -3.28. The summed E-state index contributed by atoms with van der Waals surface area (Å²) in [5, 5.41) is 9.42. The molecule has 0 aromatic heterocycles. The molecule has 0 unspecified atom stereocenters. The number of rotatable bonds is 9. The molecule has 0 radical (unpaired) electrons. The zero-order chi connectivity index (χ0) is 23.0. The molecule has 9 nitrogen and oxygen atoms in total. The predicted octanol–water partition coefficient (Wildman–Crippen LogP) is 3.71. The fourth-order valence-electron chi connectivity index (χ4n) is 2.64. The zero-order valence-electron chi connectivity index (χ0n) is 17.3. The van der Waals surface area contributed by atoms with E-state index >= 15 is 0 Å². The molecule has 1 N–H and O–H groups in total. The molecule has 2 aromatic carbocycles. The molecule has 0 fully saturated rings. The van der Waals surface area contributed by atoms with E-state index in [9.17, 15) is 24.3 Å². The van der Waals surface area contributed by atoms with Crippen LogP contribution in [0.5, 0.6) is 11.5 Å². The Hall–Kier alpha value is -3.88. The van der Waals surface area contributed by atoms with Crippen LogP contribution in [-0.2, 0) is 14.2 Å². The highest BCUT2D eigenvalue weighted by Crippen LogP contribution is 2.27. The number of ether oxygens (including phenoxy) is 4. The number of hydrogen-bond acceptors (Lipinski definition) is 8. The van der Waals surface area contributed by atoms with Crippen molar-refractivity contribution < 1.29 is 43.2 Å². The van der Waals surface area contributed by atoms with Crippen LogP contribution in [-0.4, -0.2) is 48.8 Å². The van der Waals surface area contributed by atoms with Gasteiger partial charge in [-0.2, -0.15) is 0 Å². The third-order valence-electron chi connectivity index (χ3n) is 3.93. The smallest absolute Gasteiger partial charge is 0.339 e. The van der Waals surface area contributed by atoms with E-state index in [2.05, 4.69) is 0 Å². The van der Waals surface area contributed by atoms with Crippen LogP contribution in [0.25, 0.3) is 0 Å². The van der Waals surface area contributed by atoms with Gasteiger partial charge in [0.05, 0.1) is 42.1 Å². The Morgan fingerprint density at radius 2 is 1.03 bits per heavy atom. The summed E-state index contributed by atoms with van der Waals surface area (Å²) in [7, 11) is 0. The van der Waals surface area contributed by atoms with E-state index in [1.54, 1.807) is 20.8 Å². The maximum atomic E-state index is 12.3. The van der Waals surface area contributed by atoms with Crippen LogP contribution in [0.4, 0.5) is 0 Å². The number of carboxylic acid groups (broad SMARTS) is 1. The Balaban J connectivity index is 2.41. The standard InChI is InChI=1S/C22H22O9/c1-4-28-20(25)15-9-7-13(11-17(15)19(23)24)31-14-8-10-16(21(26)29-5-2)18(12-14)22(27)30-6-3/h7-12H,4-6H2,1-3H3,(H,23,24). The van der Waals surface area contributed by atoms with E-state index in [1.165, 1.54) is 30.3 Å². The van der Waals surface area contributed by atoms with Gasteiger partial charge in [0.2, 0.25) is 0 Å². The Morgan fingerprint density at radius 1 is 0.645 bits per heavy atom. The molecule has 0 spiro atoms. The van der Waals surface area contributed by atoms with Gasteiger partial charge in [-0.1, -0.05) is 0 Å². The number of carbonyl (C=O) groups is 4. The van der Waals surface area contributed by atoms with E-state index in [0.29, 0.717) is 0 Å². The van der Waals surface area contributed by atoms with Crippen molar-refractivity contribution in [1.29, 1.82) is 0 Å². The minimum atomic E-state index is -1.33. The van der Waals surface area contributed by atoms with Crippen LogP contribution in [0.3, 0.4) is 0 Å². The van der Waals surface area contributed by atoms with Gasteiger partial charge < -0.3 is 24.1 Å². The van der Waals surface area contributed by atoms with E-state index in [0.717, 1.165) is 6.07 Å². The van der Waals surface area contributed by atoms with Gasteiger partial charge in [0.25, 0.3) is 0 Å². The van der Waals surface area contributed by atoms with E-state index in [1.807, 2.05) is 0 Å². The fraction of sp³-hybridized carbons (Fsp3) is 0.273. The summed E-state index contributed by atoms with van der Waals surface area (Å²) in [6.07, 6.45) is 0. The maximum Gasteiger partial charge on any atom is 0.339 e. The van der Waals surface area contributed by atoms with E-state index in [4.69, 9.17) is 18.9 Å². The lowest BCUT2D eigenvalue weighted by Crippen LogP contribution is -2.14. The number of carboxylic acids is 1. The Morgan fingerprint density at radius 3 is 1.45 bits per heavy atom. The summed E-state index contributed by atoms with van der Waals surface area (Å²) in [5.41, 5.74) is -0.466. The van der Waals surface area contributed by atoms with Crippen molar-refractivity contribution in [3.63, 3.8) is 0 Å². The van der Waals surface area contributed by atoms with Gasteiger partial charge in [-0.3, -0.25) is 0 Å². The van der Waals surface area contributed by atoms with Crippen LogP contribution in [0.1, 0.15) is 62.2 Å². The van der Waals surface area contributed by atoms with E-state index < -0.39 is 23.9 Å². The highest BCUT2D eigenvalue weighted by Gasteiger charge is 2.22. The van der Waals surface area contributed by atoms with Crippen molar-refractivity contribution in [2.45, 2.75) is 20.8 Å². The van der Waals surface area contributed by atoms with Gasteiger partial charge in [0, 0.05) is 0 Å². The minimum Gasteiger partial charge on any atom is -0.478 e. The molecule has 0 aliphatic rings. The molecule has 2 rings (SSSR count). The number of esters is 3. The molecule has 0 aliphatic heterocycles. The van der Waals surface area contributed by atoms with Crippen molar-refractivity contribution in [2.24, 2.45) is 0 Å². The molecule has 0 saturated heterocycles.